The van der Waals surface area contributed by atoms with Crippen molar-refractivity contribution in [1.29, 1.82) is 0 Å². The third-order valence-corrected chi connectivity index (χ3v) is 7.07. The third kappa shape index (κ3) is 6.28. The number of amides is 4. The molecule has 2 aliphatic rings. The quantitative estimate of drug-likeness (QED) is 0.471. The van der Waals surface area contributed by atoms with E-state index in [-0.39, 0.29) is 24.7 Å². The number of nitrogens with one attached hydrogen (secondary N) is 1. The molecule has 3 N–H and O–H groups in total. The van der Waals surface area contributed by atoms with Gasteiger partial charge in [0, 0.05) is 32.6 Å². The topological polar surface area (TPSA) is 144 Å². The van der Waals surface area contributed by atoms with Gasteiger partial charge in [0.1, 0.15) is 23.9 Å². The SMILES string of the molecule is CN1N=C2CCN(C(=O)[C@@H](COc3ccc(F)cc3F)NC(=O)C(C)(C)OC(N)=O)C[C@@]2(Cc2ccccc2)C1=O. The van der Waals surface area contributed by atoms with Gasteiger partial charge < -0.3 is 25.4 Å². The van der Waals surface area contributed by atoms with Gasteiger partial charge in [0.25, 0.3) is 11.8 Å². The zero-order chi connectivity index (χ0) is 29.9. The number of ether oxygens (including phenoxy) is 2. The molecule has 2 aromatic carbocycles. The van der Waals surface area contributed by atoms with E-state index in [0.717, 1.165) is 17.7 Å². The molecule has 13 heteroatoms. The molecule has 2 aromatic rings. The molecule has 11 nitrogen and oxygen atoms in total. The largest absolute Gasteiger partial charge is 0.488 e. The number of carbonyl (C=O) groups excluding carboxylic acids is 4. The highest BCUT2D eigenvalue weighted by Gasteiger charge is 2.54. The molecule has 1 saturated heterocycles. The Kier molecular flexibility index (Phi) is 8.27. The average molecular weight is 572 g/mol. The van der Waals surface area contributed by atoms with Crippen LogP contribution in [0.2, 0.25) is 0 Å². The average Bonchev–Trinajstić information content (AvgIpc) is 3.15. The summed E-state index contributed by atoms with van der Waals surface area (Å²) < 4.78 is 38.0. The number of primary amides is 1. The predicted octanol–water partition coefficient (Wildman–Crippen LogP) is 1.99. The lowest BCUT2D eigenvalue weighted by molar-refractivity contribution is -0.145. The summed E-state index contributed by atoms with van der Waals surface area (Å²) in [6, 6.07) is 10.6. The zero-order valence-corrected chi connectivity index (χ0v) is 22.9. The second-order valence-electron chi connectivity index (χ2n) is 10.5. The lowest BCUT2D eigenvalue weighted by atomic mass is 9.73. The molecule has 0 aromatic heterocycles. The van der Waals surface area contributed by atoms with E-state index in [2.05, 4.69) is 10.4 Å². The van der Waals surface area contributed by atoms with Crippen LogP contribution in [0.25, 0.3) is 0 Å². The Bertz CT molecular complexity index is 1390. The molecule has 218 valence electrons. The van der Waals surface area contributed by atoms with Crippen LogP contribution in [-0.4, -0.2) is 77.8 Å². The van der Waals surface area contributed by atoms with E-state index in [1.807, 2.05) is 30.3 Å². The first-order valence-corrected chi connectivity index (χ1v) is 12.9. The number of nitrogens with zero attached hydrogens (tertiary/aromatic N) is 3. The number of hydrazone groups is 1. The Morgan fingerprint density at radius 1 is 1.17 bits per heavy atom. The van der Waals surface area contributed by atoms with Gasteiger partial charge in [-0.2, -0.15) is 5.10 Å². The summed E-state index contributed by atoms with van der Waals surface area (Å²) in [5.74, 6) is -3.92. The zero-order valence-electron chi connectivity index (χ0n) is 22.9. The lowest BCUT2D eigenvalue weighted by Crippen LogP contribution is -2.61. The molecule has 2 atom stereocenters. The lowest BCUT2D eigenvalue weighted by Gasteiger charge is -2.40. The molecule has 0 saturated carbocycles. The number of piperidine rings is 1. The van der Waals surface area contributed by atoms with Crippen molar-refractivity contribution in [2.45, 2.75) is 38.3 Å². The summed E-state index contributed by atoms with van der Waals surface area (Å²) >= 11 is 0. The standard InChI is InChI=1S/C28H31F2N5O6/c1-27(2,41-26(31)39)24(37)32-20(15-40-21-10-9-18(29)13-19(21)30)23(36)35-12-11-22-28(16-35,25(38)34(3)33-22)14-17-7-5-4-6-8-17/h4-10,13,20H,11-12,14-16H2,1-3H3,(H2,31,39)(H,32,37)/t20-,28-/m1/s1. The highest BCUT2D eigenvalue weighted by atomic mass is 19.1. The van der Waals surface area contributed by atoms with Crippen molar-refractivity contribution in [2.75, 3.05) is 26.7 Å². The first kappa shape index (κ1) is 29.4. The molecular formula is C28H31F2N5O6. The minimum Gasteiger partial charge on any atom is -0.488 e. The summed E-state index contributed by atoms with van der Waals surface area (Å²) in [4.78, 5) is 53.1. The van der Waals surface area contributed by atoms with Crippen molar-refractivity contribution < 1.29 is 37.4 Å². The highest BCUT2D eigenvalue weighted by Crippen LogP contribution is 2.38. The van der Waals surface area contributed by atoms with Gasteiger partial charge in [0.2, 0.25) is 5.91 Å². The van der Waals surface area contributed by atoms with Gasteiger partial charge in [0.05, 0.1) is 5.71 Å². The van der Waals surface area contributed by atoms with Gasteiger partial charge in [0.15, 0.2) is 17.2 Å². The Morgan fingerprint density at radius 2 is 1.88 bits per heavy atom. The van der Waals surface area contributed by atoms with Gasteiger partial charge in [-0.05, 0) is 38.0 Å². The molecular weight excluding hydrogens is 540 g/mol. The van der Waals surface area contributed by atoms with Crippen molar-refractivity contribution in [3.8, 4) is 5.75 Å². The highest BCUT2D eigenvalue weighted by molar-refractivity contribution is 6.13. The molecule has 0 spiro atoms. The van der Waals surface area contributed by atoms with E-state index in [4.69, 9.17) is 15.2 Å². The maximum absolute atomic E-state index is 14.3. The van der Waals surface area contributed by atoms with Crippen LogP contribution in [0.1, 0.15) is 25.8 Å². The van der Waals surface area contributed by atoms with Crippen molar-refractivity contribution >= 4 is 29.5 Å². The van der Waals surface area contributed by atoms with Gasteiger partial charge in [-0.1, -0.05) is 30.3 Å². The number of halogens is 2. The van der Waals surface area contributed by atoms with E-state index in [9.17, 15) is 28.0 Å². The van der Waals surface area contributed by atoms with Crippen LogP contribution < -0.4 is 15.8 Å². The summed E-state index contributed by atoms with van der Waals surface area (Å²) in [6.07, 6.45) is -0.598. The van der Waals surface area contributed by atoms with Crippen molar-refractivity contribution in [3.05, 3.63) is 65.7 Å². The number of likely N-dealkylation sites (tertiary alicyclic amines) is 1. The fraction of sp³-hybridized carbons (Fsp3) is 0.393. The van der Waals surface area contributed by atoms with Crippen LogP contribution >= 0.6 is 0 Å². The molecule has 1 fully saturated rings. The predicted molar refractivity (Wildman–Crippen MR) is 143 cm³/mol. The number of hydrogen-bond donors (Lipinski definition) is 2. The second kappa shape index (κ2) is 11.5. The first-order valence-electron chi connectivity index (χ1n) is 12.9. The number of hydrogen-bond acceptors (Lipinski definition) is 7. The van der Waals surface area contributed by atoms with Gasteiger partial charge in [-0.15, -0.1) is 0 Å². The fourth-order valence-corrected chi connectivity index (χ4v) is 5.01. The third-order valence-electron chi connectivity index (χ3n) is 7.07. The smallest absolute Gasteiger partial charge is 0.405 e. The molecule has 2 heterocycles. The molecule has 4 amide bonds. The Labute approximate surface area is 235 Å². The molecule has 2 aliphatic heterocycles. The minimum atomic E-state index is -1.76. The molecule has 41 heavy (non-hydrogen) atoms. The molecule has 0 bridgehead atoms. The van der Waals surface area contributed by atoms with Crippen molar-refractivity contribution in [3.63, 3.8) is 0 Å². The van der Waals surface area contributed by atoms with Crippen molar-refractivity contribution in [1.82, 2.24) is 15.2 Å². The monoisotopic (exact) mass is 571 g/mol. The van der Waals surface area contributed by atoms with E-state index in [1.165, 1.54) is 23.8 Å². The minimum absolute atomic E-state index is 0.0266. The first-order chi connectivity index (χ1) is 19.3. The number of benzene rings is 2. The summed E-state index contributed by atoms with van der Waals surface area (Å²) in [5.41, 5.74) is 3.74. The number of fused-ring (bicyclic) bond motifs is 1. The molecule has 4 rings (SSSR count). The summed E-state index contributed by atoms with van der Waals surface area (Å²) in [7, 11) is 1.56. The Morgan fingerprint density at radius 3 is 2.54 bits per heavy atom. The van der Waals surface area contributed by atoms with Gasteiger partial charge >= 0.3 is 6.09 Å². The second-order valence-corrected chi connectivity index (χ2v) is 10.5. The van der Waals surface area contributed by atoms with E-state index >= 15 is 0 Å². The van der Waals surface area contributed by atoms with Crippen molar-refractivity contribution in [2.24, 2.45) is 16.3 Å². The van der Waals surface area contributed by atoms with Crippen LogP contribution in [0.4, 0.5) is 13.6 Å². The van der Waals surface area contributed by atoms with E-state index in [1.54, 1.807) is 7.05 Å². The van der Waals surface area contributed by atoms with E-state index < -0.39 is 53.2 Å². The number of carbonyl (C=O) groups is 4. The molecule has 0 radical (unpaired) electrons. The van der Waals surface area contributed by atoms with Gasteiger partial charge in [-0.25, -0.2) is 18.6 Å². The maximum Gasteiger partial charge on any atom is 0.405 e. The van der Waals surface area contributed by atoms with E-state index in [0.29, 0.717) is 24.6 Å². The van der Waals surface area contributed by atoms with Crippen LogP contribution in [0.3, 0.4) is 0 Å². The van der Waals surface area contributed by atoms with Crippen LogP contribution in [0.15, 0.2) is 53.6 Å². The summed E-state index contributed by atoms with van der Waals surface area (Å²) in [5, 5.41) is 8.20. The van der Waals surface area contributed by atoms with Gasteiger partial charge in [-0.3, -0.25) is 14.4 Å². The maximum atomic E-state index is 14.3. The molecule has 0 unspecified atom stereocenters. The van der Waals surface area contributed by atoms with Crippen LogP contribution in [-0.2, 0) is 25.5 Å². The fourth-order valence-electron chi connectivity index (χ4n) is 5.01. The Balaban J connectivity index is 1.61. The Hall–Kier alpha value is -4.55. The summed E-state index contributed by atoms with van der Waals surface area (Å²) in [6.45, 7) is 2.17. The van der Waals surface area contributed by atoms with Crippen LogP contribution in [0.5, 0.6) is 5.75 Å². The molecule has 0 aliphatic carbocycles. The van der Waals surface area contributed by atoms with Crippen LogP contribution in [0, 0.1) is 17.0 Å². The number of nitrogens with two attached hydrogens (primary N) is 1. The normalized spacial score (nSPS) is 19.2. The number of rotatable bonds is 9.